The predicted molar refractivity (Wildman–Crippen MR) is 109 cm³/mol. The van der Waals surface area contributed by atoms with Crippen molar-refractivity contribution in [2.24, 2.45) is 0 Å². The van der Waals surface area contributed by atoms with E-state index in [4.69, 9.17) is 4.98 Å². The van der Waals surface area contributed by atoms with E-state index in [1.165, 1.54) is 0 Å². The van der Waals surface area contributed by atoms with Gasteiger partial charge < -0.3 is 5.32 Å². The first-order valence-corrected chi connectivity index (χ1v) is 8.81. The van der Waals surface area contributed by atoms with Gasteiger partial charge in [0.15, 0.2) is 0 Å². The molecule has 0 saturated heterocycles. The number of carbonyl (C=O) groups is 1. The van der Waals surface area contributed by atoms with Crippen molar-refractivity contribution in [3.05, 3.63) is 89.6 Å². The monoisotopic (exact) mass is 353 g/mol. The normalized spacial score (nSPS) is 10.7. The van der Waals surface area contributed by atoms with Crippen molar-refractivity contribution in [3.63, 3.8) is 0 Å². The van der Waals surface area contributed by atoms with E-state index in [-0.39, 0.29) is 5.91 Å². The fraction of sp³-hybridized carbons (Fsp3) is 0.0870. The maximum atomic E-state index is 13.0. The minimum absolute atomic E-state index is 0.196. The molecule has 0 bridgehead atoms. The molecule has 0 spiro atoms. The highest BCUT2D eigenvalue weighted by atomic mass is 16.1. The molecule has 27 heavy (non-hydrogen) atoms. The number of para-hydroxylation sites is 1. The Morgan fingerprint density at radius 1 is 0.926 bits per heavy atom. The highest BCUT2D eigenvalue weighted by molar-refractivity contribution is 6.12. The summed E-state index contributed by atoms with van der Waals surface area (Å²) in [4.78, 5) is 22.0. The van der Waals surface area contributed by atoms with Crippen LogP contribution in [0.15, 0.2) is 72.9 Å². The number of aryl methyl sites for hydroxylation is 2. The fourth-order valence-corrected chi connectivity index (χ4v) is 3.13. The van der Waals surface area contributed by atoms with Crippen LogP contribution in [0, 0.1) is 13.8 Å². The standard InChI is InChI=1S/C23H19N3O/c1-15-10-11-16(2)18(13-15)21-14-19(17-7-3-4-8-20(17)25-21)23(27)26-22-9-5-6-12-24-22/h3-14H,1-2H3,(H,24,26,27). The molecule has 0 saturated carbocycles. The molecule has 0 atom stereocenters. The number of nitrogens with zero attached hydrogens (tertiary/aromatic N) is 2. The topological polar surface area (TPSA) is 54.9 Å². The number of rotatable bonds is 3. The van der Waals surface area contributed by atoms with E-state index in [0.29, 0.717) is 11.4 Å². The maximum Gasteiger partial charge on any atom is 0.257 e. The molecule has 4 aromatic rings. The Balaban J connectivity index is 1.86. The lowest BCUT2D eigenvalue weighted by Gasteiger charge is -2.12. The highest BCUT2D eigenvalue weighted by Gasteiger charge is 2.15. The van der Waals surface area contributed by atoms with Crippen molar-refractivity contribution in [2.45, 2.75) is 13.8 Å². The van der Waals surface area contributed by atoms with Gasteiger partial charge in [-0.25, -0.2) is 9.97 Å². The van der Waals surface area contributed by atoms with Crippen molar-refractivity contribution in [1.29, 1.82) is 0 Å². The van der Waals surface area contributed by atoms with E-state index in [1.807, 2.05) is 42.5 Å². The lowest BCUT2D eigenvalue weighted by atomic mass is 9.99. The van der Waals surface area contributed by atoms with Gasteiger partial charge in [-0.3, -0.25) is 4.79 Å². The molecule has 2 aromatic heterocycles. The molecular weight excluding hydrogens is 334 g/mol. The average Bonchev–Trinajstić information content (AvgIpc) is 2.69. The molecular formula is C23H19N3O. The van der Waals surface area contributed by atoms with Crippen LogP contribution in [0.2, 0.25) is 0 Å². The van der Waals surface area contributed by atoms with Gasteiger partial charge in [0.05, 0.1) is 16.8 Å². The van der Waals surface area contributed by atoms with Crippen LogP contribution in [-0.2, 0) is 0 Å². The molecule has 1 amide bonds. The van der Waals surface area contributed by atoms with Crippen molar-refractivity contribution >= 4 is 22.6 Å². The van der Waals surface area contributed by atoms with E-state index in [9.17, 15) is 4.79 Å². The molecule has 132 valence electrons. The first kappa shape index (κ1) is 16.9. The van der Waals surface area contributed by atoms with E-state index >= 15 is 0 Å². The van der Waals surface area contributed by atoms with Gasteiger partial charge in [-0.2, -0.15) is 0 Å². The van der Waals surface area contributed by atoms with Crippen LogP contribution in [0.4, 0.5) is 5.82 Å². The summed E-state index contributed by atoms with van der Waals surface area (Å²) in [6.07, 6.45) is 1.65. The molecule has 0 unspecified atom stereocenters. The molecule has 0 aliphatic heterocycles. The lowest BCUT2D eigenvalue weighted by Crippen LogP contribution is -2.14. The van der Waals surface area contributed by atoms with Gasteiger partial charge in [-0.1, -0.05) is 42.0 Å². The molecule has 1 N–H and O–H groups in total. The number of nitrogens with one attached hydrogen (secondary N) is 1. The Morgan fingerprint density at radius 3 is 2.56 bits per heavy atom. The summed E-state index contributed by atoms with van der Waals surface area (Å²) in [5.74, 6) is 0.329. The van der Waals surface area contributed by atoms with Crippen LogP contribution in [0.25, 0.3) is 22.2 Å². The first-order valence-electron chi connectivity index (χ1n) is 8.81. The molecule has 0 aliphatic carbocycles. The zero-order valence-corrected chi connectivity index (χ0v) is 15.2. The van der Waals surface area contributed by atoms with Gasteiger partial charge >= 0.3 is 0 Å². The minimum atomic E-state index is -0.196. The largest absolute Gasteiger partial charge is 0.307 e. The van der Waals surface area contributed by atoms with Crippen LogP contribution >= 0.6 is 0 Å². The number of amides is 1. The Kier molecular flexibility index (Phi) is 4.38. The number of hydrogen-bond acceptors (Lipinski definition) is 3. The molecule has 2 heterocycles. The highest BCUT2D eigenvalue weighted by Crippen LogP contribution is 2.28. The second kappa shape index (κ2) is 7.00. The summed E-state index contributed by atoms with van der Waals surface area (Å²) in [6, 6.07) is 21.3. The Morgan fingerprint density at radius 2 is 1.74 bits per heavy atom. The van der Waals surface area contributed by atoms with Gasteiger partial charge in [0, 0.05) is 17.1 Å². The zero-order valence-electron chi connectivity index (χ0n) is 15.2. The smallest absolute Gasteiger partial charge is 0.257 e. The van der Waals surface area contributed by atoms with Gasteiger partial charge in [0.1, 0.15) is 5.82 Å². The van der Waals surface area contributed by atoms with E-state index in [2.05, 4.69) is 42.3 Å². The third-order valence-electron chi connectivity index (χ3n) is 4.54. The number of hydrogen-bond donors (Lipinski definition) is 1. The minimum Gasteiger partial charge on any atom is -0.307 e. The molecule has 4 rings (SSSR count). The van der Waals surface area contributed by atoms with Crippen LogP contribution in [0.1, 0.15) is 21.5 Å². The molecule has 4 nitrogen and oxygen atoms in total. The first-order chi connectivity index (χ1) is 13.1. The van der Waals surface area contributed by atoms with E-state index < -0.39 is 0 Å². The quantitative estimate of drug-likeness (QED) is 0.553. The van der Waals surface area contributed by atoms with Crippen LogP contribution in [0.5, 0.6) is 0 Å². The Bertz CT molecular complexity index is 1140. The van der Waals surface area contributed by atoms with Gasteiger partial charge in [0.2, 0.25) is 0 Å². The SMILES string of the molecule is Cc1ccc(C)c(-c2cc(C(=O)Nc3ccccn3)c3ccccc3n2)c1. The third-order valence-corrected chi connectivity index (χ3v) is 4.54. The van der Waals surface area contributed by atoms with Crippen molar-refractivity contribution < 1.29 is 4.79 Å². The second-order valence-corrected chi connectivity index (χ2v) is 6.56. The molecule has 0 fully saturated rings. The lowest BCUT2D eigenvalue weighted by molar-refractivity contribution is 0.102. The van der Waals surface area contributed by atoms with Crippen molar-refractivity contribution in [1.82, 2.24) is 9.97 Å². The number of carbonyl (C=O) groups excluding carboxylic acids is 1. The van der Waals surface area contributed by atoms with Crippen molar-refractivity contribution in [2.75, 3.05) is 5.32 Å². The summed E-state index contributed by atoms with van der Waals surface area (Å²) in [7, 11) is 0. The van der Waals surface area contributed by atoms with Crippen molar-refractivity contribution in [3.8, 4) is 11.3 Å². The Labute approximate surface area is 157 Å². The molecule has 4 heteroatoms. The van der Waals surface area contributed by atoms with Crippen LogP contribution < -0.4 is 5.32 Å². The number of fused-ring (bicyclic) bond motifs is 1. The maximum absolute atomic E-state index is 13.0. The Hall–Kier alpha value is -3.53. The zero-order chi connectivity index (χ0) is 18.8. The summed E-state index contributed by atoms with van der Waals surface area (Å²) in [5, 5.41) is 3.70. The van der Waals surface area contributed by atoms with E-state index in [1.54, 1.807) is 12.3 Å². The van der Waals surface area contributed by atoms with Gasteiger partial charge in [0.25, 0.3) is 5.91 Å². The van der Waals surface area contributed by atoms with Crippen LogP contribution in [0.3, 0.4) is 0 Å². The average molecular weight is 353 g/mol. The summed E-state index contributed by atoms with van der Waals surface area (Å²) in [5.41, 5.74) is 5.49. The van der Waals surface area contributed by atoms with Gasteiger partial charge in [-0.15, -0.1) is 0 Å². The number of anilines is 1. The van der Waals surface area contributed by atoms with E-state index in [0.717, 1.165) is 33.3 Å². The molecule has 2 aromatic carbocycles. The number of benzene rings is 2. The third kappa shape index (κ3) is 3.42. The van der Waals surface area contributed by atoms with Gasteiger partial charge in [-0.05, 0) is 49.7 Å². The number of pyridine rings is 2. The fourth-order valence-electron chi connectivity index (χ4n) is 3.13. The summed E-state index contributed by atoms with van der Waals surface area (Å²) in [6.45, 7) is 4.11. The predicted octanol–water partition coefficient (Wildman–Crippen LogP) is 5.17. The number of aromatic nitrogens is 2. The second-order valence-electron chi connectivity index (χ2n) is 6.56. The molecule has 0 radical (unpaired) electrons. The summed E-state index contributed by atoms with van der Waals surface area (Å²) >= 11 is 0. The molecule has 0 aliphatic rings. The summed E-state index contributed by atoms with van der Waals surface area (Å²) < 4.78 is 0. The van der Waals surface area contributed by atoms with Crippen LogP contribution in [-0.4, -0.2) is 15.9 Å².